The van der Waals surface area contributed by atoms with E-state index in [9.17, 15) is 0 Å². The molecule has 0 spiro atoms. The lowest BCUT2D eigenvalue weighted by atomic mass is 10.2. The molecule has 0 radical (unpaired) electrons. The van der Waals surface area contributed by atoms with Gasteiger partial charge in [-0.05, 0) is 53.3 Å². The summed E-state index contributed by atoms with van der Waals surface area (Å²) in [5.41, 5.74) is 1.97. The zero-order chi connectivity index (χ0) is 13.0. The number of nitrogens with zero attached hydrogens (tertiary/aromatic N) is 2. The van der Waals surface area contributed by atoms with E-state index < -0.39 is 0 Å². The van der Waals surface area contributed by atoms with Crippen LogP contribution in [0, 0.1) is 3.57 Å². The number of hydrogen-bond donors (Lipinski definition) is 1. The topological polar surface area (TPSA) is 37.8 Å². The second kappa shape index (κ2) is 6.33. The lowest BCUT2D eigenvalue weighted by molar-refractivity contribution is 0.904. The summed E-state index contributed by atoms with van der Waals surface area (Å²) in [5, 5.41) is 3.81. The molecule has 1 N–H and O–H groups in total. The first-order valence-electron chi connectivity index (χ1n) is 5.72. The average Bonchev–Trinajstić information content (AvgIpc) is 2.36. The summed E-state index contributed by atoms with van der Waals surface area (Å²) in [6.45, 7) is 2.11. The second-order valence-corrected chi connectivity index (χ2v) is 5.48. The van der Waals surface area contributed by atoms with Crippen molar-refractivity contribution >= 4 is 45.7 Å². The molecule has 1 heterocycles. The summed E-state index contributed by atoms with van der Waals surface area (Å²) in [7, 11) is 0. The van der Waals surface area contributed by atoms with Gasteiger partial charge >= 0.3 is 0 Å². The Morgan fingerprint density at radius 1 is 1.22 bits per heavy atom. The van der Waals surface area contributed by atoms with Gasteiger partial charge < -0.3 is 5.32 Å². The van der Waals surface area contributed by atoms with E-state index in [1.165, 1.54) is 9.90 Å². The molecule has 0 aliphatic rings. The van der Waals surface area contributed by atoms with Gasteiger partial charge in [0.25, 0.3) is 0 Å². The number of rotatable bonds is 4. The molecule has 0 saturated heterocycles. The van der Waals surface area contributed by atoms with Gasteiger partial charge in [0.15, 0.2) is 0 Å². The average molecular weight is 374 g/mol. The van der Waals surface area contributed by atoms with Crippen molar-refractivity contribution in [3.05, 3.63) is 44.9 Å². The monoisotopic (exact) mass is 373 g/mol. The largest absolute Gasteiger partial charge is 0.340 e. The number of hydrogen-bond acceptors (Lipinski definition) is 3. The molecule has 0 amide bonds. The van der Waals surface area contributed by atoms with Crippen LogP contribution in [0.1, 0.15) is 18.9 Å². The van der Waals surface area contributed by atoms with E-state index in [4.69, 9.17) is 11.6 Å². The summed E-state index contributed by atoms with van der Waals surface area (Å²) < 4.78 is 1.20. The Bertz CT molecular complexity index is 528. The number of aromatic nitrogens is 2. The number of benzene rings is 1. The van der Waals surface area contributed by atoms with Gasteiger partial charge in [0.2, 0.25) is 0 Å². The zero-order valence-corrected chi connectivity index (χ0v) is 12.9. The Morgan fingerprint density at radius 2 is 1.94 bits per heavy atom. The van der Waals surface area contributed by atoms with Crippen LogP contribution < -0.4 is 5.32 Å². The van der Waals surface area contributed by atoms with Crippen molar-refractivity contribution in [3.8, 4) is 0 Å². The maximum Gasteiger partial charge on any atom is 0.138 e. The van der Waals surface area contributed by atoms with Gasteiger partial charge in [-0.25, -0.2) is 9.97 Å². The van der Waals surface area contributed by atoms with E-state index in [0.29, 0.717) is 5.15 Å². The molecule has 5 heteroatoms. The third kappa shape index (κ3) is 3.32. The molecule has 18 heavy (non-hydrogen) atoms. The van der Waals surface area contributed by atoms with Crippen LogP contribution in [-0.4, -0.2) is 9.97 Å². The maximum atomic E-state index is 6.11. The molecule has 0 fully saturated rings. The van der Waals surface area contributed by atoms with Gasteiger partial charge in [0, 0.05) is 14.8 Å². The summed E-state index contributed by atoms with van der Waals surface area (Å²) in [4.78, 5) is 8.29. The van der Waals surface area contributed by atoms with Crippen LogP contribution in [0.15, 0.2) is 30.6 Å². The first-order chi connectivity index (χ1) is 8.70. The van der Waals surface area contributed by atoms with Crippen LogP contribution in [-0.2, 0) is 6.42 Å². The van der Waals surface area contributed by atoms with E-state index in [1.807, 2.05) is 24.3 Å². The predicted molar refractivity (Wildman–Crippen MR) is 83.5 cm³/mol. The van der Waals surface area contributed by atoms with Crippen LogP contribution in [0.3, 0.4) is 0 Å². The molecule has 94 valence electrons. The Morgan fingerprint density at radius 3 is 2.61 bits per heavy atom. The molecule has 0 atom stereocenters. The van der Waals surface area contributed by atoms with Gasteiger partial charge in [-0.15, -0.1) is 0 Å². The van der Waals surface area contributed by atoms with Crippen molar-refractivity contribution in [1.29, 1.82) is 0 Å². The lowest BCUT2D eigenvalue weighted by Gasteiger charge is -2.11. The summed E-state index contributed by atoms with van der Waals surface area (Å²) >= 11 is 8.39. The summed E-state index contributed by atoms with van der Waals surface area (Å²) in [6, 6.07) is 8.14. The fourth-order valence-corrected chi connectivity index (χ4v) is 2.23. The van der Waals surface area contributed by atoms with E-state index in [-0.39, 0.29) is 0 Å². The Kier molecular flexibility index (Phi) is 4.77. The van der Waals surface area contributed by atoms with Crippen LogP contribution >= 0.6 is 34.2 Å². The highest BCUT2D eigenvalue weighted by Crippen LogP contribution is 2.24. The Balaban J connectivity index is 2.28. The molecular weight excluding hydrogens is 361 g/mol. The van der Waals surface area contributed by atoms with Crippen LogP contribution in [0.2, 0.25) is 5.15 Å². The highest BCUT2D eigenvalue weighted by atomic mass is 127. The first-order valence-corrected chi connectivity index (χ1v) is 7.18. The molecule has 3 nitrogen and oxygen atoms in total. The van der Waals surface area contributed by atoms with Crippen LogP contribution in [0.5, 0.6) is 0 Å². The predicted octanol–water partition coefficient (Wildman–Crippen LogP) is 4.43. The quantitative estimate of drug-likeness (QED) is 0.636. The Labute approximate surface area is 125 Å². The van der Waals surface area contributed by atoms with Crippen molar-refractivity contribution in [2.24, 2.45) is 0 Å². The van der Waals surface area contributed by atoms with Crippen molar-refractivity contribution in [3.63, 3.8) is 0 Å². The van der Waals surface area contributed by atoms with Crippen molar-refractivity contribution in [2.45, 2.75) is 19.8 Å². The number of halogens is 2. The molecule has 1 aromatic carbocycles. The fraction of sp³-hybridized carbons (Fsp3) is 0.231. The first kappa shape index (κ1) is 13.5. The van der Waals surface area contributed by atoms with Crippen molar-refractivity contribution < 1.29 is 0 Å². The minimum atomic E-state index is 0.528. The summed E-state index contributed by atoms with van der Waals surface area (Å²) in [6.07, 6.45) is 3.36. The van der Waals surface area contributed by atoms with E-state index >= 15 is 0 Å². The smallest absolute Gasteiger partial charge is 0.138 e. The standard InChI is InChI=1S/C13H13ClIN3/c1-2-3-11-12(14)16-8-17-13(11)18-10-6-4-9(15)5-7-10/h4-8H,2-3H2,1H3,(H,16,17,18). The molecule has 0 saturated carbocycles. The summed E-state index contributed by atoms with van der Waals surface area (Å²) in [5.74, 6) is 0.790. The molecule has 1 aromatic heterocycles. The van der Waals surface area contributed by atoms with E-state index in [2.05, 4.69) is 44.8 Å². The molecule has 2 rings (SSSR count). The van der Waals surface area contributed by atoms with Gasteiger partial charge in [-0.2, -0.15) is 0 Å². The molecule has 0 aliphatic carbocycles. The second-order valence-electron chi connectivity index (χ2n) is 3.87. The number of anilines is 2. The molecule has 0 bridgehead atoms. The number of nitrogens with one attached hydrogen (secondary N) is 1. The molecule has 2 aromatic rings. The van der Waals surface area contributed by atoms with Gasteiger partial charge in [-0.3, -0.25) is 0 Å². The van der Waals surface area contributed by atoms with Gasteiger partial charge in [0.1, 0.15) is 17.3 Å². The minimum absolute atomic E-state index is 0.528. The highest BCUT2D eigenvalue weighted by molar-refractivity contribution is 14.1. The SMILES string of the molecule is CCCc1c(Cl)ncnc1Nc1ccc(I)cc1. The van der Waals surface area contributed by atoms with Crippen LogP contribution in [0.25, 0.3) is 0 Å². The molecular formula is C13H13ClIN3. The maximum absolute atomic E-state index is 6.11. The normalized spacial score (nSPS) is 10.4. The zero-order valence-electron chi connectivity index (χ0n) is 9.95. The van der Waals surface area contributed by atoms with E-state index in [1.54, 1.807) is 0 Å². The van der Waals surface area contributed by atoms with Gasteiger partial charge in [0.05, 0.1) is 0 Å². The van der Waals surface area contributed by atoms with Crippen molar-refractivity contribution in [2.75, 3.05) is 5.32 Å². The minimum Gasteiger partial charge on any atom is -0.340 e. The third-order valence-electron chi connectivity index (χ3n) is 2.50. The third-order valence-corrected chi connectivity index (χ3v) is 3.54. The molecule has 0 unspecified atom stereocenters. The molecule has 0 aliphatic heterocycles. The van der Waals surface area contributed by atoms with Gasteiger partial charge in [-0.1, -0.05) is 24.9 Å². The fourth-order valence-electron chi connectivity index (χ4n) is 1.64. The Hall–Kier alpha value is -0.880. The lowest BCUT2D eigenvalue weighted by Crippen LogP contribution is -2.01. The van der Waals surface area contributed by atoms with Crippen LogP contribution in [0.4, 0.5) is 11.5 Å². The van der Waals surface area contributed by atoms with E-state index in [0.717, 1.165) is 29.9 Å². The highest BCUT2D eigenvalue weighted by Gasteiger charge is 2.09. The van der Waals surface area contributed by atoms with Crippen molar-refractivity contribution in [1.82, 2.24) is 9.97 Å².